The van der Waals surface area contributed by atoms with E-state index in [1.165, 1.54) is 12.8 Å². The lowest BCUT2D eigenvalue weighted by Crippen LogP contribution is -2.52. The number of morpholine rings is 1. The Balaban J connectivity index is 1.75. The minimum atomic E-state index is -0.279. The highest BCUT2D eigenvalue weighted by Crippen LogP contribution is 2.47. The molecular weight excluding hydrogens is 449 g/mol. The van der Waals surface area contributed by atoms with Gasteiger partial charge in [-0.15, -0.1) is 0 Å². The zero-order chi connectivity index (χ0) is 22.2. The quantitative estimate of drug-likeness (QED) is 0.450. The molecule has 0 radical (unpaired) electrons. The normalized spacial score (nSPS) is 23.1. The topological polar surface area (TPSA) is 29.5 Å². The summed E-state index contributed by atoms with van der Waals surface area (Å²) in [6.45, 7) is 6.78. The molecule has 0 aromatic heterocycles. The highest BCUT2D eigenvalue weighted by Gasteiger charge is 2.46. The molecule has 4 rings (SSSR count). The second-order valence-electron chi connectivity index (χ2n) is 9.41. The summed E-state index contributed by atoms with van der Waals surface area (Å²) in [5, 5.41) is 1.35. The fourth-order valence-corrected chi connectivity index (χ4v) is 5.66. The zero-order valence-electron chi connectivity index (χ0n) is 18.2. The van der Waals surface area contributed by atoms with E-state index < -0.39 is 0 Å². The van der Waals surface area contributed by atoms with Gasteiger partial charge < -0.3 is 9.64 Å². The molecular formula is C25H29Cl2NO2S. The van der Waals surface area contributed by atoms with Crippen molar-refractivity contribution >= 4 is 40.9 Å². The van der Waals surface area contributed by atoms with E-state index in [1.807, 2.05) is 60.3 Å². The van der Waals surface area contributed by atoms with E-state index >= 15 is 0 Å². The third kappa shape index (κ3) is 5.60. The van der Waals surface area contributed by atoms with Crippen molar-refractivity contribution in [3.05, 3.63) is 69.7 Å². The molecule has 1 aliphatic carbocycles. The number of nitrogens with zero attached hydrogens (tertiary/aromatic N) is 1. The minimum Gasteiger partial charge on any atom is -0.361 e. The molecule has 6 heteroatoms. The van der Waals surface area contributed by atoms with Crippen LogP contribution in [0.25, 0.3) is 0 Å². The number of thioether (sulfide) groups is 1. The predicted molar refractivity (Wildman–Crippen MR) is 130 cm³/mol. The second-order valence-corrected chi connectivity index (χ2v) is 12.1. The lowest BCUT2D eigenvalue weighted by Gasteiger charge is -2.46. The Morgan fingerprint density at radius 1 is 1.06 bits per heavy atom. The van der Waals surface area contributed by atoms with E-state index in [9.17, 15) is 4.79 Å². The molecule has 0 spiro atoms. The monoisotopic (exact) mass is 477 g/mol. The molecule has 1 aliphatic heterocycles. The Morgan fingerprint density at radius 3 is 2.39 bits per heavy atom. The average Bonchev–Trinajstić information content (AvgIpc) is 3.54. The first-order valence-corrected chi connectivity index (χ1v) is 12.5. The predicted octanol–water partition coefficient (Wildman–Crippen LogP) is 6.94. The smallest absolute Gasteiger partial charge is 0.249 e. The summed E-state index contributed by atoms with van der Waals surface area (Å²) < 4.78 is 6.31. The van der Waals surface area contributed by atoms with Crippen LogP contribution < -0.4 is 0 Å². The van der Waals surface area contributed by atoms with Gasteiger partial charge in [0.05, 0.1) is 6.04 Å². The van der Waals surface area contributed by atoms with Crippen LogP contribution in [0.5, 0.6) is 0 Å². The fourth-order valence-electron chi connectivity index (χ4n) is 4.24. The van der Waals surface area contributed by atoms with Gasteiger partial charge in [-0.2, -0.15) is 11.8 Å². The molecule has 0 N–H and O–H groups in total. The van der Waals surface area contributed by atoms with Gasteiger partial charge in [0.15, 0.2) is 0 Å². The van der Waals surface area contributed by atoms with E-state index in [0.717, 1.165) is 16.9 Å². The number of ether oxygens (including phenoxy) is 1. The van der Waals surface area contributed by atoms with Crippen LogP contribution in [0.2, 0.25) is 10.0 Å². The van der Waals surface area contributed by atoms with Gasteiger partial charge in [-0.05, 0) is 54.2 Å². The number of rotatable bonds is 6. The van der Waals surface area contributed by atoms with Crippen LogP contribution in [0.15, 0.2) is 48.5 Å². The van der Waals surface area contributed by atoms with Gasteiger partial charge in [-0.1, -0.05) is 68.2 Å². The van der Waals surface area contributed by atoms with Crippen LogP contribution in [0, 0.1) is 5.92 Å². The van der Waals surface area contributed by atoms with E-state index in [-0.39, 0.29) is 35.4 Å². The number of benzene rings is 2. The molecule has 3 nitrogen and oxygen atoms in total. The Morgan fingerprint density at radius 2 is 1.77 bits per heavy atom. The summed E-state index contributed by atoms with van der Waals surface area (Å²) in [6, 6.07) is 15.5. The van der Waals surface area contributed by atoms with E-state index in [2.05, 4.69) is 25.7 Å². The molecule has 1 amide bonds. The second kappa shape index (κ2) is 9.35. The van der Waals surface area contributed by atoms with Gasteiger partial charge >= 0.3 is 0 Å². The third-order valence-corrected chi connectivity index (χ3v) is 7.72. The largest absolute Gasteiger partial charge is 0.361 e. The van der Waals surface area contributed by atoms with Crippen molar-refractivity contribution in [3.8, 4) is 0 Å². The zero-order valence-corrected chi connectivity index (χ0v) is 20.5. The molecule has 2 unspecified atom stereocenters. The molecule has 1 heterocycles. The standard InChI is InChI=1S/C25H29Cl2NO2S/c1-25(2,3)31-15-21(16-7-8-16)28-22(29)14-30-24(18-5-4-6-20(27)13-18)23(28)17-9-11-19(26)12-10-17/h4-6,9-13,16,21,23-24H,7-8,14-15H2,1-3H3/t21?,23?,24-/m1/s1. The van der Waals surface area contributed by atoms with Crippen molar-refractivity contribution in [2.75, 3.05) is 12.4 Å². The maximum absolute atomic E-state index is 13.3. The van der Waals surface area contributed by atoms with Crippen LogP contribution in [-0.4, -0.2) is 34.0 Å². The molecule has 3 atom stereocenters. The van der Waals surface area contributed by atoms with E-state index in [1.54, 1.807) is 0 Å². The van der Waals surface area contributed by atoms with Gasteiger partial charge in [0.25, 0.3) is 0 Å². The van der Waals surface area contributed by atoms with Crippen LogP contribution in [-0.2, 0) is 9.53 Å². The first-order valence-electron chi connectivity index (χ1n) is 10.8. The van der Waals surface area contributed by atoms with Crippen LogP contribution in [0.3, 0.4) is 0 Å². The molecule has 2 fully saturated rings. The van der Waals surface area contributed by atoms with Gasteiger partial charge in [0.2, 0.25) is 5.91 Å². The van der Waals surface area contributed by atoms with E-state index in [0.29, 0.717) is 16.0 Å². The van der Waals surface area contributed by atoms with Gasteiger partial charge in [0.1, 0.15) is 12.7 Å². The van der Waals surface area contributed by atoms with Crippen molar-refractivity contribution in [1.29, 1.82) is 0 Å². The average molecular weight is 478 g/mol. The van der Waals surface area contributed by atoms with Crippen molar-refractivity contribution in [2.24, 2.45) is 5.92 Å². The lowest BCUT2D eigenvalue weighted by molar-refractivity contribution is -0.163. The first kappa shape index (κ1) is 23.0. The number of halogens is 2. The molecule has 31 heavy (non-hydrogen) atoms. The Bertz CT molecular complexity index is 924. The van der Waals surface area contributed by atoms with Gasteiger partial charge in [-0.3, -0.25) is 4.79 Å². The van der Waals surface area contributed by atoms with Crippen molar-refractivity contribution in [1.82, 2.24) is 4.90 Å². The summed E-state index contributed by atoms with van der Waals surface area (Å²) in [4.78, 5) is 15.4. The summed E-state index contributed by atoms with van der Waals surface area (Å²) in [5.41, 5.74) is 2.02. The summed E-state index contributed by atoms with van der Waals surface area (Å²) in [5.74, 6) is 1.53. The van der Waals surface area contributed by atoms with E-state index in [4.69, 9.17) is 27.9 Å². The Labute approximate surface area is 199 Å². The van der Waals surface area contributed by atoms with Crippen LogP contribution in [0.4, 0.5) is 0 Å². The maximum Gasteiger partial charge on any atom is 0.249 e. The molecule has 0 bridgehead atoms. The van der Waals surface area contributed by atoms with Crippen molar-refractivity contribution in [3.63, 3.8) is 0 Å². The van der Waals surface area contributed by atoms with Crippen LogP contribution >= 0.6 is 35.0 Å². The van der Waals surface area contributed by atoms with Crippen molar-refractivity contribution in [2.45, 2.75) is 56.5 Å². The Hall–Kier alpha value is -1.20. The lowest BCUT2D eigenvalue weighted by atomic mass is 9.91. The summed E-state index contributed by atoms with van der Waals surface area (Å²) in [7, 11) is 0. The molecule has 1 saturated carbocycles. The Kier molecular flexibility index (Phi) is 6.93. The number of carbonyl (C=O) groups excluding carboxylic acids is 1. The summed E-state index contributed by atoms with van der Waals surface area (Å²) in [6.07, 6.45) is 2.07. The SMILES string of the molecule is CC(C)(C)SCC(C1CC1)N1C(=O)CO[C@H](c2cccc(Cl)c2)C1c1ccc(Cl)cc1. The van der Waals surface area contributed by atoms with Gasteiger partial charge in [-0.25, -0.2) is 0 Å². The number of hydrogen-bond acceptors (Lipinski definition) is 3. The molecule has 2 aromatic rings. The minimum absolute atomic E-state index is 0.0598. The number of hydrogen-bond donors (Lipinski definition) is 0. The molecule has 1 saturated heterocycles. The molecule has 2 aliphatic rings. The highest BCUT2D eigenvalue weighted by atomic mass is 35.5. The third-order valence-electron chi connectivity index (χ3n) is 5.86. The van der Waals surface area contributed by atoms with Crippen LogP contribution in [0.1, 0.15) is 56.9 Å². The molecule has 166 valence electrons. The summed E-state index contributed by atoms with van der Waals surface area (Å²) >= 11 is 14.4. The fraction of sp³-hybridized carbons (Fsp3) is 0.480. The number of amides is 1. The first-order chi connectivity index (χ1) is 14.7. The number of carbonyl (C=O) groups is 1. The highest BCUT2D eigenvalue weighted by molar-refractivity contribution is 8.00. The maximum atomic E-state index is 13.3. The van der Waals surface area contributed by atoms with Crippen molar-refractivity contribution < 1.29 is 9.53 Å². The molecule has 2 aromatic carbocycles. The van der Waals surface area contributed by atoms with Gasteiger partial charge in [0, 0.05) is 26.6 Å².